The Bertz CT molecular complexity index is 2740. The van der Waals surface area contributed by atoms with Gasteiger partial charge >= 0.3 is 6.61 Å². The van der Waals surface area contributed by atoms with Gasteiger partial charge in [0.25, 0.3) is 17.4 Å². The van der Waals surface area contributed by atoms with E-state index in [0.29, 0.717) is 46.4 Å². The third kappa shape index (κ3) is 13.0. The molecule has 6 aromatic rings. The number of anilines is 2. The maximum Gasteiger partial charge on any atom is 0.387 e. The van der Waals surface area contributed by atoms with E-state index in [9.17, 15) is 23.2 Å². The molecule has 1 saturated heterocycles. The van der Waals surface area contributed by atoms with Crippen LogP contribution in [0.3, 0.4) is 0 Å². The van der Waals surface area contributed by atoms with E-state index < -0.39 is 12.5 Å². The second-order valence-corrected chi connectivity index (χ2v) is 17.2. The number of nitrogens with zero attached hydrogens (tertiary/aromatic N) is 5. The number of halogens is 6. The average Bonchev–Trinajstić information content (AvgIpc) is 3.62. The van der Waals surface area contributed by atoms with Crippen molar-refractivity contribution >= 4 is 80.8 Å². The van der Waals surface area contributed by atoms with Gasteiger partial charge in [0, 0.05) is 35.9 Å². The maximum atomic E-state index is 12.6. The van der Waals surface area contributed by atoms with Crippen LogP contribution in [0.1, 0.15) is 78.3 Å². The summed E-state index contributed by atoms with van der Waals surface area (Å²) in [5.41, 5.74) is 1.71. The number of fused-ring (bicyclic) bond motifs is 1. The van der Waals surface area contributed by atoms with E-state index in [4.69, 9.17) is 70.5 Å². The summed E-state index contributed by atoms with van der Waals surface area (Å²) in [7, 11) is 1.58. The lowest BCUT2D eigenvalue weighted by atomic mass is 10.1. The number of imidazole rings is 1. The van der Waals surface area contributed by atoms with E-state index >= 15 is 0 Å². The highest BCUT2D eigenvalue weighted by Gasteiger charge is 2.28. The third-order valence-corrected chi connectivity index (χ3v) is 11.9. The molecule has 3 aliphatic rings. The SMILES string of the molecule is COc1ccc(C(=O)Nc2c(Cl)cncc2Cl)cc1OC1CCCC1.O=C(Nc1c(Cl)cncc1Cl)c1ccc(OC(F)F)c(OCC2CC2)c1.O=c1[nH]cnc2c1ncn2[C@H]1CC[C@@H](CO)O1. The van der Waals surface area contributed by atoms with Gasteiger partial charge in [0.1, 0.15) is 6.23 Å². The number of methoxy groups -OCH3 is 1. The number of hydrogen-bond acceptors (Lipinski definition) is 13. The van der Waals surface area contributed by atoms with Gasteiger partial charge < -0.3 is 44.4 Å². The molecule has 0 radical (unpaired) electrons. The minimum Gasteiger partial charge on any atom is -0.493 e. The number of nitrogens with one attached hydrogen (secondary N) is 3. The average molecular weight is 1020 g/mol. The smallest absolute Gasteiger partial charge is 0.387 e. The number of H-pyrrole nitrogens is 1. The molecule has 9 rings (SSSR count). The van der Waals surface area contributed by atoms with Gasteiger partial charge in [-0.15, -0.1) is 0 Å². The second kappa shape index (κ2) is 23.5. The van der Waals surface area contributed by atoms with Crippen LogP contribution in [0.5, 0.6) is 23.0 Å². The van der Waals surface area contributed by atoms with Gasteiger partial charge in [0.15, 0.2) is 34.2 Å². The maximum absolute atomic E-state index is 12.6. The standard InChI is InChI=1S/C18H18Cl2N2O3.C17H14Cl2F2N2O3.C10H12N4O3/c1-24-15-7-6-11(8-16(15)25-12-4-2-3-5-12)18(23)22-17-13(19)9-21-10-14(17)20;18-11-6-22-7-12(19)15(11)23-16(24)10-3-4-13(26-17(20)21)14(5-10)25-8-9-1-2-9;15-3-6-1-2-7(17-6)14-5-13-8-9(14)11-4-12-10(8)16/h6-10,12H,2-5H2,1H3,(H,21,22,23);3-7,9,17H,1-2,8H2,(H,22,23,24);4-7,15H,1-3H2,(H,11,12,16)/t;;6-,7+/m..0/s1. The molecular weight excluding hydrogens is 976 g/mol. The largest absolute Gasteiger partial charge is 0.493 e. The molecule has 4 N–H and O–H groups in total. The van der Waals surface area contributed by atoms with Crippen LogP contribution in [0.4, 0.5) is 20.2 Å². The van der Waals surface area contributed by atoms with Gasteiger partial charge in [0.2, 0.25) is 0 Å². The predicted molar refractivity (Wildman–Crippen MR) is 250 cm³/mol. The van der Waals surface area contributed by atoms with Crippen LogP contribution in [0.15, 0.2) is 78.6 Å². The van der Waals surface area contributed by atoms with Gasteiger partial charge in [-0.25, -0.2) is 9.97 Å². The van der Waals surface area contributed by atoms with Crippen molar-refractivity contribution in [3.05, 3.63) is 115 Å². The summed E-state index contributed by atoms with van der Waals surface area (Å²) in [4.78, 5) is 54.8. The van der Waals surface area contributed by atoms with Gasteiger partial charge in [0.05, 0.1) is 76.7 Å². The fraction of sp³-hybridized carbons (Fsp3) is 0.356. The van der Waals surface area contributed by atoms with Gasteiger partial charge in [-0.3, -0.25) is 28.9 Å². The Hall–Kier alpha value is -5.83. The Morgan fingerprint density at radius 2 is 1.41 bits per heavy atom. The van der Waals surface area contributed by atoms with Crippen LogP contribution >= 0.6 is 46.4 Å². The summed E-state index contributed by atoms with van der Waals surface area (Å²) in [6.07, 6.45) is 16.2. The highest BCUT2D eigenvalue weighted by atomic mass is 35.5. The number of benzene rings is 2. The van der Waals surface area contributed by atoms with Crippen molar-refractivity contribution in [2.75, 3.05) is 31.0 Å². The first-order valence-corrected chi connectivity index (χ1v) is 22.8. The molecule has 2 aliphatic carbocycles. The number of rotatable bonds is 14. The summed E-state index contributed by atoms with van der Waals surface area (Å²) in [6, 6.07) is 9.01. The molecular formula is C45H44Cl4F2N8O9. The van der Waals surface area contributed by atoms with Gasteiger partial charge in [-0.1, -0.05) is 46.4 Å². The van der Waals surface area contributed by atoms with Crippen LogP contribution in [0, 0.1) is 5.92 Å². The molecule has 5 heterocycles. The highest BCUT2D eigenvalue weighted by Crippen LogP contribution is 2.37. The summed E-state index contributed by atoms with van der Waals surface area (Å²) in [5.74, 6) is 0.654. The number of aliphatic hydroxyl groups is 1. The number of carbonyl (C=O) groups is 2. The number of hydrogen-bond donors (Lipinski definition) is 4. The Morgan fingerprint density at radius 1 is 0.824 bits per heavy atom. The van der Waals surface area contributed by atoms with E-state index in [1.807, 2.05) is 0 Å². The van der Waals surface area contributed by atoms with E-state index in [1.54, 1.807) is 36.2 Å². The Labute approximate surface area is 407 Å². The molecule has 0 bridgehead atoms. The van der Waals surface area contributed by atoms with Crippen molar-refractivity contribution in [2.45, 2.75) is 76.4 Å². The fourth-order valence-electron chi connectivity index (χ4n) is 7.08. The number of aromatic amines is 1. The first kappa shape index (κ1) is 50.1. The van der Waals surface area contributed by atoms with Crippen molar-refractivity contribution in [2.24, 2.45) is 5.92 Å². The number of aromatic nitrogens is 6. The van der Waals surface area contributed by atoms with E-state index in [-0.39, 0.29) is 79.3 Å². The molecule has 2 saturated carbocycles. The molecule has 2 aromatic carbocycles. The monoisotopic (exact) mass is 1020 g/mol. The van der Waals surface area contributed by atoms with Crippen LogP contribution in [-0.4, -0.2) is 85.6 Å². The molecule has 2 amide bonds. The number of alkyl halides is 2. The van der Waals surface area contributed by atoms with E-state index in [1.165, 1.54) is 49.3 Å². The zero-order valence-corrected chi connectivity index (χ0v) is 39.1. The Kier molecular flexibility index (Phi) is 17.3. The molecule has 17 nitrogen and oxygen atoms in total. The minimum atomic E-state index is -2.99. The molecule has 360 valence electrons. The summed E-state index contributed by atoms with van der Waals surface area (Å²) in [6.45, 7) is -2.60. The van der Waals surface area contributed by atoms with Crippen molar-refractivity contribution < 1.29 is 47.2 Å². The minimum absolute atomic E-state index is 0.0111. The van der Waals surface area contributed by atoms with Crippen molar-refractivity contribution in [1.29, 1.82) is 0 Å². The van der Waals surface area contributed by atoms with Crippen molar-refractivity contribution in [3.8, 4) is 23.0 Å². The summed E-state index contributed by atoms with van der Waals surface area (Å²) in [5, 5.41) is 15.2. The van der Waals surface area contributed by atoms with Crippen LogP contribution < -0.4 is 35.1 Å². The third-order valence-electron chi connectivity index (χ3n) is 10.8. The van der Waals surface area contributed by atoms with Crippen LogP contribution in [0.2, 0.25) is 20.1 Å². The van der Waals surface area contributed by atoms with E-state index in [0.717, 1.165) is 51.4 Å². The number of pyridine rings is 2. The molecule has 3 fully saturated rings. The van der Waals surface area contributed by atoms with Crippen molar-refractivity contribution in [1.82, 2.24) is 29.5 Å². The number of ether oxygens (including phenoxy) is 5. The molecule has 2 atom stereocenters. The normalized spacial score (nSPS) is 16.6. The summed E-state index contributed by atoms with van der Waals surface area (Å²) >= 11 is 24.0. The Morgan fingerprint density at radius 3 is 1.96 bits per heavy atom. The Balaban J connectivity index is 0.000000154. The van der Waals surface area contributed by atoms with Gasteiger partial charge in [-0.05, 0) is 93.7 Å². The molecule has 0 unspecified atom stereocenters. The van der Waals surface area contributed by atoms with Gasteiger partial charge in [-0.2, -0.15) is 8.78 Å². The quantitative estimate of drug-likeness (QED) is 0.0801. The predicted octanol–water partition coefficient (Wildman–Crippen LogP) is 9.79. The van der Waals surface area contributed by atoms with E-state index in [2.05, 4.69) is 40.3 Å². The zero-order chi connectivity index (χ0) is 48.3. The molecule has 23 heteroatoms. The molecule has 0 spiro atoms. The van der Waals surface area contributed by atoms with Crippen LogP contribution in [-0.2, 0) is 4.74 Å². The summed E-state index contributed by atoms with van der Waals surface area (Å²) < 4.78 is 53.8. The molecule has 1 aliphatic heterocycles. The number of carbonyl (C=O) groups excluding carboxylic acids is 2. The first-order chi connectivity index (χ1) is 32.8. The number of amides is 2. The lowest BCUT2D eigenvalue weighted by Crippen LogP contribution is -2.15. The first-order valence-electron chi connectivity index (χ1n) is 21.2. The highest BCUT2D eigenvalue weighted by molar-refractivity contribution is 6.40. The molecule has 4 aromatic heterocycles. The fourth-order valence-corrected chi connectivity index (χ4v) is 7.99. The zero-order valence-electron chi connectivity index (χ0n) is 36.1. The lowest BCUT2D eigenvalue weighted by Gasteiger charge is -2.17. The number of aliphatic hydroxyl groups excluding tert-OH is 1. The van der Waals surface area contributed by atoms with Crippen LogP contribution in [0.25, 0.3) is 11.2 Å². The molecule has 68 heavy (non-hydrogen) atoms. The van der Waals surface area contributed by atoms with Crippen molar-refractivity contribution in [3.63, 3.8) is 0 Å². The second-order valence-electron chi connectivity index (χ2n) is 15.6. The lowest BCUT2D eigenvalue weighted by molar-refractivity contribution is -0.0515. The topological polar surface area (TPSA) is 214 Å².